The number of hydrogen-bond acceptors (Lipinski definition) is 2. The molecule has 0 aliphatic rings. The Morgan fingerprint density at radius 2 is 1.90 bits per heavy atom. The lowest BCUT2D eigenvalue weighted by atomic mass is 9.84. The molecule has 3 nitrogen and oxygen atoms in total. The maximum atomic E-state index is 12.7. The first-order chi connectivity index (χ1) is 10.0. The topological polar surface area (TPSA) is 46.3 Å². The Hall–Kier alpha value is -1.49. The third-order valence-corrected chi connectivity index (χ3v) is 3.71. The molecule has 1 aromatic rings. The van der Waals surface area contributed by atoms with E-state index in [2.05, 4.69) is 0 Å². The highest BCUT2D eigenvalue weighted by atomic mass is 19.3. The molecule has 5 heteroatoms. The number of nitrogens with two attached hydrogens (primary N) is 1. The van der Waals surface area contributed by atoms with E-state index in [9.17, 15) is 13.6 Å². The molecular weight excluding hydrogens is 274 g/mol. The lowest BCUT2D eigenvalue weighted by Crippen LogP contribution is -2.42. The molecule has 0 saturated carbocycles. The Morgan fingerprint density at radius 1 is 1.29 bits per heavy atom. The van der Waals surface area contributed by atoms with Gasteiger partial charge in [-0.1, -0.05) is 50.6 Å². The molecule has 2 unspecified atom stereocenters. The molecule has 0 aliphatic heterocycles. The zero-order valence-corrected chi connectivity index (χ0v) is 12.6. The van der Waals surface area contributed by atoms with Crippen molar-refractivity contribution >= 4 is 5.91 Å². The minimum Gasteiger partial charge on any atom is -0.335 e. The van der Waals surface area contributed by atoms with E-state index in [4.69, 9.17) is 5.73 Å². The van der Waals surface area contributed by atoms with Gasteiger partial charge in [-0.2, -0.15) is 0 Å². The highest BCUT2D eigenvalue weighted by Crippen LogP contribution is 2.29. The number of nitrogens with zero attached hydrogens (tertiary/aromatic N) is 1. The molecule has 0 heterocycles. The SMILES string of the molecule is CCC(C)C(C(=O)N(CCN)CC(F)F)c1ccccc1. The molecule has 2 N–H and O–H groups in total. The van der Waals surface area contributed by atoms with Crippen molar-refractivity contribution in [2.45, 2.75) is 32.6 Å². The fourth-order valence-electron chi connectivity index (χ4n) is 2.42. The van der Waals surface area contributed by atoms with Crippen LogP contribution in [0.15, 0.2) is 30.3 Å². The average molecular weight is 298 g/mol. The van der Waals surface area contributed by atoms with Crippen LogP contribution >= 0.6 is 0 Å². The van der Waals surface area contributed by atoms with Crippen molar-refractivity contribution < 1.29 is 13.6 Å². The van der Waals surface area contributed by atoms with E-state index in [0.29, 0.717) is 0 Å². The number of amides is 1. The maximum absolute atomic E-state index is 12.7. The molecule has 0 saturated heterocycles. The summed E-state index contributed by atoms with van der Waals surface area (Å²) >= 11 is 0. The standard InChI is InChI=1S/C16H24F2N2O/c1-3-12(2)15(13-7-5-4-6-8-13)16(21)20(10-9-19)11-14(17)18/h4-8,12,14-15H,3,9-11,19H2,1-2H3. The van der Waals surface area contributed by atoms with Gasteiger partial charge in [-0.3, -0.25) is 4.79 Å². The summed E-state index contributed by atoms with van der Waals surface area (Å²) in [7, 11) is 0. The zero-order chi connectivity index (χ0) is 15.8. The summed E-state index contributed by atoms with van der Waals surface area (Å²) in [6, 6.07) is 9.34. The van der Waals surface area contributed by atoms with Crippen molar-refractivity contribution in [2.24, 2.45) is 11.7 Å². The van der Waals surface area contributed by atoms with Gasteiger partial charge in [0.2, 0.25) is 5.91 Å². The first-order valence-corrected chi connectivity index (χ1v) is 7.33. The van der Waals surface area contributed by atoms with Gasteiger partial charge in [0.25, 0.3) is 6.43 Å². The predicted molar refractivity (Wildman–Crippen MR) is 80.3 cm³/mol. The fraction of sp³-hybridized carbons (Fsp3) is 0.562. The lowest BCUT2D eigenvalue weighted by molar-refractivity contribution is -0.135. The minimum absolute atomic E-state index is 0.0813. The van der Waals surface area contributed by atoms with Gasteiger partial charge in [0.1, 0.15) is 0 Å². The van der Waals surface area contributed by atoms with Gasteiger partial charge >= 0.3 is 0 Å². The van der Waals surface area contributed by atoms with Crippen LogP contribution in [0.5, 0.6) is 0 Å². The molecule has 2 atom stereocenters. The van der Waals surface area contributed by atoms with Gasteiger partial charge < -0.3 is 10.6 Å². The summed E-state index contributed by atoms with van der Waals surface area (Å²) in [4.78, 5) is 13.9. The Bertz CT molecular complexity index is 426. The van der Waals surface area contributed by atoms with E-state index in [-0.39, 0.29) is 24.9 Å². The average Bonchev–Trinajstić information content (AvgIpc) is 2.47. The van der Waals surface area contributed by atoms with Crippen molar-refractivity contribution in [3.05, 3.63) is 35.9 Å². The van der Waals surface area contributed by atoms with Crippen LogP contribution in [-0.2, 0) is 4.79 Å². The quantitative estimate of drug-likeness (QED) is 0.802. The second kappa shape index (κ2) is 8.72. The molecule has 0 radical (unpaired) electrons. The van der Waals surface area contributed by atoms with E-state index in [1.54, 1.807) is 0 Å². The first kappa shape index (κ1) is 17.6. The van der Waals surface area contributed by atoms with E-state index < -0.39 is 18.9 Å². The third-order valence-electron chi connectivity index (χ3n) is 3.71. The fourth-order valence-corrected chi connectivity index (χ4v) is 2.42. The summed E-state index contributed by atoms with van der Waals surface area (Å²) in [5.41, 5.74) is 6.32. The highest BCUT2D eigenvalue weighted by molar-refractivity contribution is 5.84. The third kappa shape index (κ3) is 5.08. The molecule has 1 aromatic carbocycles. The number of hydrogen-bond donors (Lipinski definition) is 1. The molecule has 0 aliphatic carbocycles. The Morgan fingerprint density at radius 3 is 2.38 bits per heavy atom. The van der Waals surface area contributed by atoms with Crippen LogP contribution in [0, 0.1) is 5.92 Å². The monoisotopic (exact) mass is 298 g/mol. The van der Waals surface area contributed by atoms with E-state index in [0.717, 1.165) is 12.0 Å². The van der Waals surface area contributed by atoms with Crippen LogP contribution in [-0.4, -0.2) is 36.9 Å². The van der Waals surface area contributed by atoms with Gasteiger partial charge in [0.15, 0.2) is 0 Å². The minimum atomic E-state index is -2.55. The largest absolute Gasteiger partial charge is 0.335 e. The Kier molecular flexibility index (Phi) is 7.29. The smallest absolute Gasteiger partial charge is 0.255 e. The van der Waals surface area contributed by atoms with Crippen LogP contribution in [0.2, 0.25) is 0 Å². The number of carbonyl (C=O) groups excluding carboxylic acids is 1. The maximum Gasteiger partial charge on any atom is 0.255 e. The molecule has 0 aromatic heterocycles. The van der Waals surface area contributed by atoms with Crippen molar-refractivity contribution in [2.75, 3.05) is 19.6 Å². The highest BCUT2D eigenvalue weighted by Gasteiger charge is 2.30. The molecule has 118 valence electrons. The van der Waals surface area contributed by atoms with E-state index in [1.807, 2.05) is 44.2 Å². The summed E-state index contributed by atoms with van der Waals surface area (Å²) in [6.45, 7) is 3.74. The van der Waals surface area contributed by atoms with Crippen LogP contribution in [0.25, 0.3) is 0 Å². The Labute approximate surface area is 125 Å². The van der Waals surface area contributed by atoms with Gasteiger partial charge in [-0.05, 0) is 11.5 Å². The lowest BCUT2D eigenvalue weighted by Gasteiger charge is -2.30. The van der Waals surface area contributed by atoms with Gasteiger partial charge in [0, 0.05) is 13.1 Å². The summed E-state index contributed by atoms with van der Waals surface area (Å²) < 4.78 is 25.4. The second-order valence-corrected chi connectivity index (χ2v) is 5.24. The zero-order valence-electron chi connectivity index (χ0n) is 12.6. The molecule has 0 spiro atoms. The van der Waals surface area contributed by atoms with Crippen LogP contribution in [0.4, 0.5) is 8.78 Å². The Balaban J connectivity index is 3.03. The second-order valence-electron chi connectivity index (χ2n) is 5.24. The number of carbonyl (C=O) groups is 1. The molecule has 0 bridgehead atoms. The molecular formula is C16H24F2N2O. The van der Waals surface area contributed by atoms with Crippen LogP contribution in [0.1, 0.15) is 31.7 Å². The first-order valence-electron chi connectivity index (χ1n) is 7.33. The molecule has 0 fully saturated rings. The molecule has 1 amide bonds. The number of rotatable bonds is 8. The number of benzene rings is 1. The van der Waals surface area contributed by atoms with Gasteiger partial charge in [-0.25, -0.2) is 8.78 Å². The van der Waals surface area contributed by atoms with Crippen molar-refractivity contribution in [1.82, 2.24) is 4.90 Å². The van der Waals surface area contributed by atoms with E-state index >= 15 is 0 Å². The summed E-state index contributed by atoms with van der Waals surface area (Å²) in [6.07, 6.45) is -1.75. The van der Waals surface area contributed by atoms with Gasteiger partial charge in [0.05, 0.1) is 12.5 Å². The van der Waals surface area contributed by atoms with Crippen molar-refractivity contribution in [1.29, 1.82) is 0 Å². The number of halogens is 2. The summed E-state index contributed by atoms with van der Waals surface area (Å²) in [5.74, 6) is -0.583. The number of alkyl halides is 2. The molecule has 21 heavy (non-hydrogen) atoms. The van der Waals surface area contributed by atoms with Crippen molar-refractivity contribution in [3.8, 4) is 0 Å². The van der Waals surface area contributed by atoms with Gasteiger partial charge in [-0.15, -0.1) is 0 Å². The normalized spacial score (nSPS) is 14.0. The molecule has 1 rings (SSSR count). The van der Waals surface area contributed by atoms with Crippen LogP contribution < -0.4 is 5.73 Å². The van der Waals surface area contributed by atoms with Crippen LogP contribution in [0.3, 0.4) is 0 Å². The predicted octanol–water partition coefficient (Wildman–Crippen LogP) is 2.87. The van der Waals surface area contributed by atoms with E-state index in [1.165, 1.54) is 4.90 Å². The summed E-state index contributed by atoms with van der Waals surface area (Å²) in [5, 5.41) is 0. The van der Waals surface area contributed by atoms with Crippen molar-refractivity contribution in [3.63, 3.8) is 0 Å².